The number of aryl methyl sites for hydroxylation is 1. The molecule has 2 rings (SSSR count). The molecule has 0 aromatic heterocycles. The van der Waals surface area contributed by atoms with Gasteiger partial charge in [-0.3, -0.25) is 11.3 Å². The van der Waals surface area contributed by atoms with Gasteiger partial charge in [-0.2, -0.15) is 0 Å². The van der Waals surface area contributed by atoms with E-state index in [9.17, 15) is 4.39 Å². The van der Waals surface area contributed by atoms with Gasteiger partial charge < -0.3 is 4.74 Å². The van der Waals surface area contributed by atoms with Crippen molar-refractivity contribution in [2.75, 3.05) is 7.11 Å². The first kappa shape index (κ1) is 15.8. The summed E-state index contributed by atoms with van der Waals surface area (Å²) < 4.78 is 18.8. The lowest BCUT2D eigenvalue weighted by Crippen LogP contribution is -2.30. The monoisotopic (exact) mass is 308 g/mol. The number of hydrogen-bond donors (Lipinski definition) is 2. The maximum Gasteiger partial charge on any atom is 0.125 e. The molecule has 5 heteroatoms. The molecule has 0 amide bonds. The zero-order valence-electron chi connectivity index (χ0n) is 12.0. The van der Waals surface area contributed by atoms with Crippen LogP contribution in [0.3, 0.4) is 0 Å². The number of halogens is 2. The molecule has 0 fully saturated rings. The van der Waals surface area contributed by atoms with Gasteiger partial charge >= 0.3 is 0 Å². The number of ether oxygens (including phenoxy) is 1. The summed E-state index contributed by atoms with van der Waals surface area (Å²) in [5, 5.41) is 0.591. The summed E-state index contributed by atoms with van der Waals surface area (Å²) in [7, 11) is 1.58. The molecule has 3 N–H and O–H groups in total. The van der Waals surface area contributed by atoms with Crippen LogP contribution in [0.2, 0.25) is 5.02 Å². The Balaban J connectivity index is 2.34. The smallest absolute Gasteiger partial charge is 0.125 e. The highest BCUT2D eigenvalue weighted by atomic mass is 35.5. The van der Waals surface area contributed by atoms with E-state index < -0.39 is 0 Å². The molecular weight excluding hydrogens is 291 g/mol. The Morgan fingerprint density at radius 1 is 1.29 bits per heavy atom. The van der Waals surface area contributed by atoms with Crippen LogP contribution in [0, 0.1) is 12.7 Å². The van der Waals surface area contributed by atoms with Crippen LogP contribution in [0.15, 0.2) is 36.4 Å². The maximum atomic E-state index is 13.4. The first-order chi connectivity index (χ1) is 10.0. The largest absolute Gasteiger partial charge is 0.496 e. The van der Waals surface area contributed by atoms with Gasteiger partial charge in [0, 0.05) is 10.6 Å². The quantitative estimate of drug-likeness (QED) is 0.656. The molecule has 112 valence electrons. The van der Waals surface area contributed by atoms with Crippen LogP contribution in [0.4, 0.5) is 4.39 Å². The molecule has 0 spiro atoms. The molecular formula is C16H18ClFN2O. The van der Waals surface area contributed by atoms with Crippen LogP contribution < -0.4 is 16.0 Å². The highest BCUT2D eigenvalue weighted by molar-refractivity contribution is 6.30. The van der Waals surface area contributed by atoms with E-state index in [0.29, 0.717) is 17.2 Å². The van der Waals surface area contributed by atoms with Gasteiger partial charge in [0.25, 0.3) is 0 Å². The van der Waals surface area contributed by atoms with Crippen LogP contribution in [0.1, 0.15) is 22.7 Å². The van der Waals surface area contributed by atoms with Gasteiger partial charge in [-0.15, -0.1) is 0 Å². The fourth-order valence-electron chi connectivity index (χ4n) is 2.31. The minimum Gasteiger partial charge on any atom is -0.496 e. The molecule has 0 aliphatic carbocycles. The topological polar surface area (TPSA) is 47.3 Å². The molecule has 1 atom stereocenters. The molecule has 21 heavy (non-hydrogen) atoms. The van der Waals surface area contributed by atoms with Crippen molar-refractivity contribution >= 4 is 11.6 Å². The normalized spacial score (nSPS) is 12.2. The summed E-state index contributed by atoms with van der Waals surface area (Å²) in [6, 6.07) is 9.92. The predicted molar refractivity (Wildman–Crippen MR) is 82.9 cm³/mol. The lowest BCUT2D eigenvalue weighted by atomic mass is 9.96. The molecule has 2 aromatic carbocycles. The van der Waals surface area contributed by atoms with E-state index in [0.717, 1.165) is 16.7 Å². The van der Waals surface area contributed by atoms with E-state index >= 15 is 0 Å². The molecule has 0 heterocycles. The molecule has 3 nitrogen and oxygen atoms in total. The highest BCUT2D eigenvalue weighted by Crippen LogP contribution is 2.30. The van der Waals surface area contributed by atoms with E-state index in [-0.39, 0.29) is 11.9 Å². The van der Waals surface area contributed by atoms with Crippen molar-refractivity contribution in [1.82, 2.24) is 5.43 Å². The van der Waals surface area contributed by atoms with Gasteiger partial charge in [-0.25, -0.2) is 4.39 Å². The number of nitrogens with two attached hydrogens (primary N) is 1. The molecule has 0 aliphatic rings. The van der Waals surface area contributed by atoms with E-state index in [2.05, 4.69) is 5.43 Å². The Bertz CT molecular complexity index is 634. The Labute approximate surface area is 128 Å². The Kier molecular flexibility index (Phi) is 5.17. The van der Waals surface area contributed by atoms with Crippen LogP contribution in [-0.4, -0.2) is 7.11 Å². The van der Waals surface area contributed by atoms with Gasteiger partial charge in [-0.05, 0) is 48.7 Å². The van der Waals surface area contributed by atoms with Gasteiger partial charge in [0.1, 0.15) is 11.6 Å². The van der Waals surface area contributed by atoms with Crippen molar-refractivity contribution < 1.29 is 9.13 Å². The summed E-state index contributed by atoms with van der Waals surface area (Å²) in [4.78, 5) is 0. The minimum absolute atomic E-state index is 0.197. The van der Waals surface area contributed by atoms with Crippen molar-refractivity contribution in [3.63, 3.8) is 0 Å². The number of rotatable bonds is 5. The molecule has 0 aliphatic heterocycles. The van der Waals surface area contributed by atoms with Crippen LogP contribution in [-0.2, 0) is 6.42 Å². The minimum atomic E-state index is -0.255. The summed E-state index contributed by atoms with van der Waals surface area (Å²) >= 11 is 5.97. The van der Waals surface area contributed by atoms with Crippen LogP contribution in [0.25, 0.3) is 0 Å². The molecule has 0 saturated carbocycles. The lowest BCUT2D eigenvalue weighted by Gasteiger charge is -2.20. The van der Waals surface area contributed by atoms with Crippen molar-refractivity contribution in [1.29, 1.82) is 0 Å². The second kappa shape index (κ2) is 6.89. The number of hydrazine groups is 1. The summed E-state index contributed by atoms with van der Waals surface area (Å²) in [6.45, 7) is 1.95. The molecule has 2 aromatic rings. The molecule has 1 unspecified atom stereocenters. The third kappa shape index (κ3) is 3.73. The number of methoxy groups -OCH3 is 1. The standard InChI is InChI=1S/C16H18ClFN2O/c1-10-3-5-13(18)7-11(10)8-15(20-19)14-6-4-12(17)9-16(14)21-2/h3-7,9,15,20H,8,19H2,1-2H3. The first-order valence-electron chi connectivity index (χ1n) is 6.59. The van der Waals surface area contributed by atoms with Gasteiger partial charge in [0.2, 0.25) is 0 Å². The summed E-state index contributed by atoms with van der Waals surface area (Å²) in [5.41, 5.74) is 5.56. The lowest BCUT2D eigenvalue weighted by molar-refractivity contribution is 0.399. The van der Waals surface area contributed by atoms with E-state index in [4.69, 9.17) is 22.2 Å². The van der Waals surface area contributed by atoms with E-state index in [1.54, 1.807) is 25.3 Å². The Morgan fingerprint density at radius 2 is 2.05 bits per heavy atom. The fraction of sp³-hybridized carbons (Fsp3) is 0.250. The zero-order chi connectivity index (χ0) is 15.4. The number of nitrogens with one attached hydrogen (secondary N) is 1. The summed E-state index contributed by atoms with van der Waals surface area (Å²) in [6.07, 6.45) is 0.554. The van der Waals surface area contributed by atoms with Crippen molar-refractivity contribution in [2.45, 2.75) is 19.4 Å². The number of hydrogen-bond acceptors (Lipinski definition) is 3. The predicted octanol–water partition coefficient (Wildman–Crippen LogP) is 3.54. The van der Waals surface area contributed by atoms with Crippen LogP contribution in [0.5, 0.6) is 5.75 Å². The first-order valence-corrected chi connectivity index (χ1v) is 6.97. The van der Waals surface area contributed by atoms with E-state index in [1.165, 1.54) is 12.1 Å². The van der Waals surface area contributed by atoms with Crippen LogP contribution >= 0.6 is 11.6 Å². The third-order valence-electron chi connectivity index (χ3n) is 3.51. The third-order valence-corrected chi connectivity index (χ3v) is 3.74. The molecule has 0 bridgehead atoms. The van der Waals surface area contributed by atoms with Crippen molar-refractivity contribution in [3.05, 3.63) is 63.9 Å². The molecule has 0 radical (unpaired) electrons. The Hall–Kier alpha value is -1.62. The summed E-state index contributed by atoms with van der Waals surface area (Å²) in [5.74, 6) is 6.07. The van der Waals surface area contributed by atoms with Gasteiger partial charge in [0.15, 0.2) is 0 Å². The van der Waals surface area contributed by atoms with Gasteiger partial charge in [0.05, 0.1) is 13.2 Å². The molecule has 0 saturated heterocycles. The Morgan fingerprint density at radius 3 is 2.71 bits per heavy atom. The highest BCUT2D eigenvalue weighted by Gasteiger charge is 2.17. The second-order valence-electron chi connectivity index (χ2n) is 4.88. The van der Waals surface area contributed by atoms with Crippen molar-refractivity contribution in [2.24, 2.45) is 5.84 Å². The van der Waals surface area contributed by atoms with Crippen molar-refractivity contribution in [3.8, 4) is 5.75 Å². The average Bonchev–Trinajstić information content (AvgIpc) is 2.48. The fourth-order valence-corrected chi connectivity index (χ4v) is 2.47. The number of benzene rings is 2. The second-order valence-corrected chi connectivity index (χ2v) is 5.32. The van der Waals surface area contributed by atoms with E-state index in [1.807, 2.05) is 13.0 Å². The average molecular weight is 309 g/mol. The SMILES string of the molecule is COc1cc(Cl)ccc1C(Cc1cc(F)ccc1C)NN. The van der Waals surface area contributed by atoms with Gasteiger partial charge in [-0.1, -0.05) is 23.7 Å². The maximum absolute atomic E-state index is 13.4. The zero-order valence-corrected chi connectivity index (χ0v) is 12.7.